The molecular weight excluding hydrogens is 292 g/mol. The second kappa shape index (κ2) is 8.02. The first-order chi connectivity index (χ1) is 11.0. The topological polar surface area (TPSA) is 42.0 Å². The third-order valence-electron chi connectivity index (χ3n) is 3.66. The standard InChI is InChI=1S/C18H26N2O3/c1-5-20(11-14(2)3)18(21)13-19(4)12-15-6-7-16-17(10-15)23-9-8-22-16/h6-7,10H,2,5,8-9,11-13H2,1,3-4H3. The largest absolute Gasteiger partial charge is 0.486 e. The van der Waals surface area contributed by atoms with Gasteiger partial charge < -0.3 is 14.4 Å². The van der Waals surface area contributed by atoms with E-state index in [-0.39, 0.29) is 5.91 Å². The Balaban J connectivity index is 1.92. The molecule has 1 aromatic rings. The molecule has 126 valence electrons. The highest BCUT2D eigenvalue weighted by atomic mass is 16.6. The van der Waals surface area contributed by atoms with Gasteiger partial charge in [-0.3, -0.25) is 9.69 Å². The van der Waals surface area contributed by atoms with Crippen molar-refractivity contribution in [1.82, 2.24) is 9.80 Å². The molecule has 0 saturated heterocycles. The van der Waals surface area contributed by atoms with Crippen LogP contribution in [0.4, 0.5) is 0 Å². The van der Waals surface area contributed by atoms with Crippen LogP contribution in [0.3, 0.4) is 0 Å². The van der Waals surface area contributed by atoms with E-state index in [1.807, 2.05) is 48.9 Å². The lowest BCUT2D eigenvalue weighted by Crippen LogP contribution is -2.39. The number of ether oxygens (including phenoxy) is 2. The zero-order valence-electron chi connectivity index (χ0n) is 14.3. The molecule has 1 heterocycles. The smallest absolute Gasteiger partial charge is 0.237 e. The van der Waals surface area contributed by atoms with Crippen LogP contribution in [-0.4, -0.2) is 55.6 Å². The molecule has 1 aliphatic rings. The predicted molar refractivity (Wildman–Crippen MR) is 90.8 cm³/mol. The normalized spacial score (nSPS) is 13.0. The van der Waals surface area contributed by atoms with E-state index in [9.17, 15) is 4.79 Å². The number of carbonyl (C=O) groups excluding carboxylic acids is 1. The van der Waals surface area contributed by atoms with Crippen molar-refractivity contribution < 1.29 is 14.3 Å². The van der Waals surface area contributed by atoms with Gasteiger partial charge in [0.05, 0.1) is 6.54 Å². The molecule has 0 aliphatic carbocycles. The Morgan fingerprint density at radius 1 is 1.22 bits per heavy atom. The van der Waals surface area contributed by atoms with Crippen molar-refractivity contribution in [3.05, 3.63) is 35.9 Å². The first-order valence-electron chi connectivity index (χ1n) is 7.98. The Bertz CT molecular complexity index is 571. The van der Waals surface area contributed by atoms with E-state index in [4.69, 9.17) is 9.47 Å². The second-order valence-corrected chi connectivity index (χ2v) is 6.02. The summed E-state index contributed by atoms with van der Waals surface area (Å²) < 4.78 is 11.1. The van der Waals surface area contributed by atoms with Gasteiger partial charge in [-0.2, -0.15) is 0 Å². The molecule has 2 rings (SSSR count). The third kappa shape index (κ3) is 4.99. The zero-order chi connectivity index (χ0) is 16.8. The van der Waals surface area contributed by atoms with Crippen molar-refractivity contribution in [2.45, 2.75) is 20.4 Å². The number of fused-ring (bicyclic) bond motifs is 1. The van der Waals surface area contributed by atoms with E-state index in [2.05, 4.69) is 6.58 Å². The summed E-state index contributed by atoms with van der Waals surface area (Å²) in [6, 6.07) is 5.93. The van der Waals surface area contributed by atoms with Gasteiger partial charge in [-0.05, 0) is 38.6 Å². The number of benzene rings is 1. The summed E-state index contributed by atoms with van der Waals surface area (Å²) in [6.45, 7) is 11.4. The number of hydrogen-bond donors (Lipinski definition) is 0. The molecule has 1 aliphatic heterocycles. The van der Waals surface area contributed by atoms with Crippen LogP contribution in [0.2, 0.25) is 0 Å². The number of hydrogen-bond acceptors (Lipinski definition) is 4. The van der Waals surface area contributed by atoms with E-state index in [0.717, 1.165) is 22.6 Å². The average Bonchev–Trinajstić information content (AvgIpc) is 2.52. The van der Waals surface area contributed by atoms with E-state index in [0.29, 0.717) is 39.4 Å². The summed E-state index contributed by atoms with van der Waals surface area (Å²) >= 11 is 0. The Labute approximate surface area is 138 Å². The predicted octanol–water partition coefficient (Wildman–Crippen LogP) is 2.31. The van der Waals surface area contributed by atoms with Gasteiger partial charge in [-0.15, -0.1) is 0 Å². The number of nitrogens with zero attached hydrogens (tertiary/aromatic N) is 2. The Morgan fingerprint density at radius 3 is 2.57 bits per heavy atom. The molecule has 5 nitrogen and oxygen atoms in total. The Morgan fingerprint density at radius 2 is 1.91 bits per heavy atom. The van der Waals surface area contributed by atoms with Crippen LogP contribution in [0.15, 0.2) is 30.4 Å². The van der Waals surface area contributed by atoms with Crippen LogP contribution in [0.5, 0.6) is 11.5 Å². The van der Waals surface area contributed by atoms with Crippen LogP contribution in [0, 0.1) is 0 Å². The maximum Gasteiger partial charge on any atom is 0.237 e. The van der Waals surface area contributed by atoms with Crippen molar-refractivity contribution >= 4 is 5.91 Å². The van der Waals surface area contributed by atoms with Gasteiger partial charge >= 0.3 is 0 Å². The molecule has 0 N–H and O–H groups in total. The fourth-order valence-corrected chi connectivity index (χ4v) is 2.59. The fraction of sp³-hybridized carbons (Fsp3) is 0.500. The SMILES string of the molecule is C=C(C)CN(CC)C(=O)CN(C)Cc1ccc2c(c1)OCCO2. The van der Waals surface area contributed by atoms with Gasteiger partial charge in [-0.1, -0.05) is 18.2 Å². The summed E-state index contributed by atoms with van der Waals surface area (Å²) in [7, 11) is 1.95. The van der Waals surface area contributed by atoms with E-state index in [1.165, 1.54) is 0 Å². The summed E-state index contributed by atoms with van der Waals surface area (Å²) in [6.07, 6.45) is 0. The summed E-state index contributed by atoms with van der Waals surface area (Å²) in [5.41, 5.74) is 2.10. The highest BCUT2D eigenvalue weighted by Gasteiger charge is 2.16. The molecule has 0 bridgehead atoms. The first-order valence-corrected chi connectivity index (χ1v) is 7.98. The number of rotatable bonds is 7. The minimum Gasteiger partial charge on any atom is -0.486 e. The molecule has 1 amide bonds. The average molecular weight is 318 g/mol. The van der Waals surface area contributed by atoms with Crippen LogP contribution in [0.25, 0.3) is 0 Å². The van der Waals surface area contributed by atoms with Crippen molar-refractivity contribution in [1.29, 1.82) is 0 Å². The van der Waals surface area contributed by atoms with Crippen molar-refractivity contribution in [3.8, 4) is 11.5 Å². The van der Waals surface area contributed by atoms with Gasteiger partial charge in [0.15, 0.2) is 11.5 Å². The monoisotopic (exact) mass is 318 g/mol. The third-order valence-corrected chi connectivity index (χ3v) is 3.66. The molecule has 0 atom stereocenters. The molecule has 0 aromatic heterocycles. The van der Waals surface area contributed by atoms with Crippen LogP contribution in [-0.2, 0) is 11.3 Å². The highest BCUT2D eigenvalue weighted by Crippen LogP contribution is 2.30. The number of amides is 1. The fourth-order valence-electron chi connectivity index (χ4n) is 2.59. The van der Waals surface area contributed by atoms with Gasteiger partial charge in [-0.25, -0.2) is 0 Å². The van der Waals surface area contributed by atoms with Crippen LogP contribution in [0.1, 0.15) is 19.4 Å². The molecule has 0 saturated carbocycles. The second-order valence-electron chi connectivity index (χ2n) is 6.02. The minimum absolute atomic E-state index is 0.121. The van der Waals surface area contributed by atoms with Crippen molar-refractivity contribution in [2.24, 2.45) is 0 Å². The van der Waals surface area contributed by atoms with Gasteiger partial charge in [0.1, 0.15) is 13.2 Å². The molecule has 23 heavy (non-hydrogen) atoms. The summed E-state index contributed by atoms with van der Waals surface area (Å²) in [5.74, 6) is 1.69. The van der Waals surface area contributed by atoms with E-state index >= 15 is 0 Å². The molecule has 1 aromatic carbocycles. The molecular formula is C18H26N2O3. The zero-order valence-corrected chi connectivity index (χ0v) is 14.3. The maximum atomic E-state index is 12.3. The van der Waals surface area contributed by atoms with Gasteiger partial charge in [0.25, 0.3) is 0 Å². The number of carbonyl (C=O) groups is 1. The summed E-state index contributed by atoms with van der Waals surface area (Å²) in [4.78, 5) is 16.2. The minimum atomic E-state index is 0.121. The quantitative estimate of drug-likeness (QED) is 0.724. The molecule has 0 fully saturated rings. The molecule has 5 heteroatoms. The molecule has 0 unspecified atom stereocenters. The Kier molecular flexibility index (Phi) is 6.04. The van der Waals surface area contributed by atoms with Gasteiger partial charge in [0, 0.05) is 19.6 Å². The summed E-state index contributed by atoms with van der Waals surface area (Å²) in [5, 5.41) is 0. The van der Waals surface area contributed by atoms with Gasteiger partial charge in [0.2, 0.25) is 5.91 Å². The lowest BCUT2D eigenvalue weighted by atomic mass is 10.2. The lowest BCUT2D eigenvalue weighted by Gasteiger charge is -2.25. The first kappa shape index (κ1) is 17.3. The maximum absolute atomic E-state index is 12.3. The van der Waals surface area contributed by atoms with Crippen molar-refractivity contribution in [2.75, 3.05) is 39.9 Å². The lowest BCUT2D eigenvalue weighted by molar-refractivity contribution is -0.131. The van der Waals surface area contributed by atoms with E-state index < -0.39 is 0 Å². The highest BCUT2D eigenvalue weighted by molar-refractivity contribution is 5.78. The van der Waals surface area contributed by atoms with Crippen LogP contribution < -0.4 is 9.47 Å². The molecule has 0 radical (unpaired) electrons. The Hall–Kier alpha value is -2.01. The van der Waals surface area contributed by atoms with Crippen molar-refractivity contribution in [3.63, 3.8) is 0 Å². The van der Waals surface area contributed by atoms with Crippen LogP contribution >= 0.6 is 0 Å². The molecule has 0 spiro atoms. The van der Waals surface area contributed by atoms with E-state index in [1.54, 1.807) is 0 Å². The number of likely N-dealkylation sites (N-methyl/N-ethyl adjacent to an activating group) is 2.